The average molecular weight is 283 g/mol. The van der Waals surface area contributed by atoms with E-state index in [0.29, 0.717) is 0 Å². The molecule has 0 atom stereocenters. The molecule has 0 saturated heterocycles. The maximum atomic E-state index is 12.7. The van der Waals surface area contributed by atoms with E-state index in [1.807, 2.05) is 27.0 Å². The van der Waals surface area contributed by atoms with Crippen LogP contribution in [0, 0.1) is 20.8 Å². The average Bonchev–Trinajstić information content (AvgIpc) is 2.47. The molecule has 0 fully saturated rings. The Balaban J connectivity index is 2.33. The zero-order valence-corrected chi connectivity index (χ0v) is 13.1. The van der Waals surface area contributed by atoms with Gasteiger partial charge in [0.1, 0.15) is 5.75 Å². The van der Waals surface area contributed by atoms with Crippen molar-refractivity contribution in [1.29, 1.82) is 0 Å². The van der Waals surface area contributed by atoms with Gasteiger partial charge in [0.05, 0.1) is 12.2 Å². The van der Waals surface area contributed by atoms with E-state index in [4.69, 9.17) is 4.74 Å². The number of hydrogen-bond donors (Lipinski definition) is 0. The zero-order valence-electron chi connectivity index (χ0n) is 13.1. The molecule has 21 heavy (non-hydrogen) atoms. The molecule has 2 aromatic rings. The van der Waals surface area contributed by atoms with Crippen LogP contribution in [0.1, 0.15) is 28.8 Å². The maximum absolute atomic E-state index is 12.7. The number of pyridine rings is 1. The molecule has 1 aromatic carbocycles. The van der Waals surface area contributed by atoms with E-state index in [1.165, 1.54) is 11.1 Å². The Morgan fingerprint density at radius 2 is 1.90 bits per heavy atom. The van der Waals surface area contributed by atoms with Crippen LogP contribution in [-0.2, 0) is 13.5 Å². The van der Waals surface area contributed by atoms with Gasteiger partial charge in [-0.2, -0.15) is 0 Å². The molecule has 0 N–H and O–H groups in total. The van der Waals surface area contributed by atoms with E-state index in [9.17, 15) is 4.79 Å². The second-order valence-electron chi connectivity index (χ2n) is 5.90. The number of nitrogens with zero attached hydrogens (tertiary/aromatic N) is 1. The van der Waals surface area contributed by atoms with Crippen molar-refractivity contribution in [3.05, 3.63) is 50.9 Å². The van der Waals surface area contributed by atoms with Crippen molar-refractivity contribution in [2.24, 2.45) is 7.05 Å². The van der Waals surface area contributed by atoms with Crippen molar-refractivity contribution >= 4 is 0 Å². The van der Waals surface area contributed by atoms with Crippen LogP contribution in [0.2, 0.25) is 0 Å². The lowest BCUT2D eigenvalue weighted by Crippen LogP contribution is -2.22. The lowest BCUT2D eigenvalue weighted by molar-refractivity contribution is 0.289. The van der Waals surface area contributed by atoms with Gasteiger partial charge in [-0.15, -0.1) is 0 Å². The Morgan fingerprint density at radius 3 is 2.67 bits per heavy atom. The minimum Gasteiger partial charge on any atom is -0.493 e. The topological polar surface area (TPSA) is 31.2 Å². The number of benzene rings is 1. The maximum Gasteiger partial charge on any atom is 0.258 e. The normalized spacial score (nSPS) is 13.7. The van der Waals surface area contributed by atoms with Gasteiger partial charge < -0.3 is 9.30 Å². The van der Waals surface area contributed by atoms with Crippen LogP contribution < -0.4 is 10.3 Å². The molecular weight excluding hydrogens is 262 g/mol. The second kappa shape index (κ2) is 5.06. The van der Waals surface area contributed by atoms with Gasteiger partial charge in [-0.25, -0.2) is 0 Å². The Morgan fingerprint density at radius 1 is 1.14 bits per heavy atom. The van der Waals surface area contributed by atoms with E-state index in [2.05, 4.69) is 19.1 Å². The summed E-state index contributed by atoms with van der Waals surface area (Å²) in [7, 11) is 1.82. The molecule has 1 aliphatic heterocycles. The molecule has 0 saturated carbocycles. The largest absolute Gasteiger partial charge is 0.493 e. The predicted molar refractivity (Wildman–Crippen MR) is 85.1 cm³/mol. The number of ether oxygens (including phenoxy) is 1. The SMILES string of the molecule is Cc1ccc(-c2c(C)cc(C)n(C)c2=O)c2c1CCCO2. The highest BCUT2D eigenvalue weighted by atomic mass is 16.5. The minimum absolute atomic E-state index is 0.0488. The monoisotopic (exact) mass is 283 g/mol. The molecule has 0 unspecified atom stereocenters. The number of rotatable bonds is 1. The summed E-state index contributed by atoms with van der Waals surface area (Å²) >= 11 is 0. The Hall–Kier alpha value is -2.03. The van der Waals surface area contributed by atoms with Crippen LogP contribution in [0.4, 0.5) is 0 Å². The molecule has 0 amide bonds. The summed E-state index contributed by atoms with van der Waals surface area (Å²) in [5, 5.41) is 0. The molecule has 0 aliphatic carbocycles. The predicted octanol–water partition coefficient (Wildman–Crippen LogP) is 3.30. The van der Waals surface area contributed by atoms with Crippen molar-refractivity contribution in [3.63, 3.8) is 0 Å². The van der Waals surface area contributed by atoms with E-state index in [0.717, 1.165) is 47.6 Å². The Kier molecular flexibility index (Phi) is 3.36. The fourth-order valence-electron chi connectivity index (χ4n) is 3.13. The van der Waals surface area contributed by atoms with Crippen molar-refractivity contribution < 1.29 is 4.74 Å². The molecule has 1 aromatic heterocycles. The first kappa shape index (κ1) is 13.9. The lowest BCUT2D eigenvalue weighted by atomic mass is 9.92. The van der Waals surface area contributed by atoms with E-state index < -0.39 is 0 Å². The van der Waals surface area contributed by atoms with Gasteiger partial charge in [-0.1, -0.05) is 12.1 Å². The van der Waals surface area contributed by atoms with Gasteiger partial charge in [-0.3, -0.25) is 4.79 Å². The van der Waals surface area contributed by atoms with E-state index in [1.54, 1.807) is 4.57 Å². The van der Waals surface area contributed by atoms with E-state index in [-0.39, 0.29) is 5.56 Å². The molecule has 3 heteroatoms. The van der Waals surface area contributed by atoms with Gasteiger partial charge in [0.15, 0.2) is 0 Å². The smallest absolute Gasteiger partial charge is 0.258 e. The fraction of sp³-hybridized carbons (Fsp3) is 0.389. The minimum atomic E-state index is 0.0488. The molecule has 0 spiro atoms. The van der Waals surface area contributed by atoms with E-state index >= 15 is 0 Å². The number of hydrogen-bond acceptors (Lipinski definition) is 2. The summed E-state index contributed by atoms with van der Waals surface area (Å²) in [5.74, 6) is 0.908. The molecule has 2 heterocycles. The number of aryl methyl sites for hydroxylation is 3. The van der Waals surface area contributed by atoms with Crippen LogP contribution in [0.5, 0.6) is 5.75 Å². The first-order valence-electron chi connectivity index (χ1n) is 7.43. The van der Waals surface area contributed by atoms with Crippen molar-refractivity contribution in [2.75, 3.05) is 6.61 Å². The van der Waals surface area contributed by atoms with Crippen molar-refractivity contribution in [3.8, 4) is 16.9 Å². The standard InChI is InChI=1S/C18H21NO2/c1-11-7-8-15(17-14(11)6-5-9-21-17)16-12(2)10-13(3)19(4)18(16)20/h7-8,10H,5-6,9H2,1-4H3. The quantitative estimate of drug-likeness (QED) is 0.804. The highest BCUT2D eigenvalue weighted by molar-refractivity contribution is 5.75. The third-order valence-corrected chi connectivity index (χ3v) is 4.45. The fourth-order valence-corrected chi connectivity index (χ4v) is 3.13. The highest BCUT2D eigenvalue weighted by Crippen LogP contribution is 2.38. The highest BCUT2D eigenvalue weighted by Gasteiger charge is 2.21. The van der Waals surface area contributed by atoms with Gasteiger partial charge in [0, 0.05) is 18.3 Å². The van der Waals surface area contributed by atoms with Gasteiger partial charge in [-0.05, 0) is 56.4 Å². The van der Waals surface area contributed by atoms with Crippen LogP contribution >= 0.6 is 0 Å². The molecule has 0 radical (unpaired) electrons. The summed E-state index contributed by atoms with van der Waals surface area (Å²) in [6.45, 7) is 6.80. The van der Waals surface area contributed by atoms with Crippen LogP contribution in [0.25, 0.3) is 11.1 Å². The van der Waals surface area contributed by atoms with Gasteiger partial charge >= 0.3 is 0 Å². The third-order valence-electron chi connectivity index (χ3n) is 4.45. The molecule has 110 valence electrons. The van der Waals surface area contributed by atoms with Crippen LogP contribution in [-0.4, -0.2) is 11.2 Å². The Bertz CT molecular complexity index is 772. The van der Waals surface area contributed by atoms with Crippen LogP contribution in [0.15, 0.2) is 23.0 Å². The summed E-state index contributed by atoms with van der Waals surface area (Å²) in [6, 6.07) is 6.19. The molecule has 3 rings (SSSR count). The second-order valence-corrected chi connectivity index (χ2v) is 5.90. The molecular formula is C18H21NO2. The zero-order chi connectivity index (χ0) is 15.1. The van der Waals surface area contributed by atoms with Crippen molar-refractivity contribution in [2.45, 2.75) is 33.6 Å². The summed E-state index contributed by atoms with van der Waals surface area (Å²) in [6.07, 6.45) is 2.07. The number of fused-ring (bicyclic) bond motifs is 1. The summed E-state index contributed by atoms with van der Waals surface area (Å²) < 4.78 is 7.63. The molecule has 0 bridgehead atoms. The summed E-state index contributed by atoms with van der Waals surface area (Å²) in [4.78, 5) is 12.7. The van der Waals surface area contributed by atoms with Crippen LogP contribution in [0.3, 0.4) is 0 Å². The molecule has 3 nitrogen and oxygen atoms in total. The van der Waals surface area contributed by atoms with Gasteiger partial charge in [0.25, 0.3) is 5.56 Å². The molecule has 1 aliphatic rings. The lowest BCUT2D eigenvalue weighted by Gasteiger charge is -2.23. The third kappa shape index (κ3) is 2.17. The number of aromatic nitrogens is 1. The Labute approximate surface area is 125 Å². The first-order chi connectivity index (χ1) is 10.0. The van der Waals surface area contributed by atoms with Crippen molar-refractivity contribution in [1.82, 2.24) is 4.57 Å². The summed E-state index contributed by atoms with van der Waals surface area (Å²) in [5.41, 5.74) is 6.23. The van der Waals surface area contributed by atoms with Gasteiger partial charge in [0.2, 0.25) is 0 Å². The first-order valence-corrected chi connectivity index (χ1v) is 7.43.